The van der Waals surface area contributed by atoms with Gasteiger partial charge in [-0.2, -0.15) is 0 Å². The zero-order valence-corrected chi connectivity index (χ0v) is 12.0. The molecule has 2 rings (SSSR count). The van der Waals surface area contributed by atoms with E-state index in [9.17, 15) is 0 Å². The first kappa shape index (κ1) is 13.9. The van der Waals surface area contributed by atoms with E-state index in [2.05, 4.69) is 4.99 Å². The van der Waals surface area contributed by atoms with Crippen LogP contribution in [0.5, 0.6) is 0 Å². The topological polar surface area (TPSA) is 12.4 Å². The van der Waals surface area contributed by atoms with Gasteiger partial charge in [0.1, 0.15) is 0 Å². The van der Waals surface area contributed by atoms with Gasteiger partial charge in [-0.05, 0) is 18.4 Å². The molecule has 0 amide bonds. The normalized spacial score (nSPS) is 18.3. The summed E-state index contributed by atoms with van der Waals surface area (Å²) < 4.78 is -0.890. The van der Waals surface area contributed by atoms with Gasteiger partial charge in [-0.1, -0.05) is 72.8 Å². The van der Waals surface area contributed by atoms with E-state index >= 15 is 0 Å². The van der Waals surface area contributed by atoms with E-state index in [0.717, 1.165) is 5.56 Å². The predicted molar refractivity (Wildman–Crippen MR) is 79.9 cm³/mol. The Morgan fingerprint density at radius 2 is 1.78 bits per heavy atom. The first-order valence-electron chi connectivity index (χ1n) is 6.62. The third kappa shape index (κ3) is 4.62. The molecule has 1 aromatic carbocycles. The van der Waals surface area contributed by atoms with Crippen molar-refractivity contribution in [2.75, 3.05) is 0 Å². The second-order valence-corrected chi connectivity index (χ2v) is 6.54. The Morgan fingerprint density at radius 3 is 2.44 bits per heavy atom. The largest absolute Gasteiger partial charge is 0.291 e. The van der Waals surface area contributed by atoms with Gasteiger partial charge in [0.15, 0.2) is 4.33 Å². The number of nitrogens with zero attached hydrogens (tertiary/aromatic N) is 1. The number of hydrogen-bond donors (Lipinski definition) is 0. The first-order chi connectivity index (χ1) is 8.66. The zero-order chi connectivity index (χ0) is 12.8. The molecule has 1 aliphatic carbocycles. The molecule has 98 valence electrons. The van der Waals surface area contributed by atoms with Crippen LogP contribution >= 0.6 is 23.2 Å². The van der Waals surface area contributed by atoms with E-state index in [-0.39, 0.29) is 0 Å². The summed E-state index contributed by atoms with van der Waals surface area (Å²) >= 11 is 12.6. The highest BCUT2D eigenvalue weighted by Gasteiger charge is 2.22. The number of hydrogen-bond acceptors (Lipinski definition) is 1. The monoisotopic (exact) mass is 283 g/mol. The lowest BCUT2D eigenvalue weighted by molar-refractivity contribution is 0.443. The van der Waals surface area contributed by atoms with Crippen LogP contribution in [0.15, 0.2) is 35.3 Å². The quantitative estimate of drug-likeness (QED) is 0.556. The van der Waals surface area contributed by atoms with Crippen molar-refractivity contribution in [2.45, 2.75) is 48.9 Å². The van der Waals surface area contributed by atoms with E-state index in [1.807, 2.05) is 30.3 Å². The maximum absolute atomic E-state index is 6.31. The highest BCUT2D eigenvalue weighted by atomic mass is 35.5. The van der Waals surface area contributed by atoms with Crippen molar-refractivity contribution in [3.63, 3.8) is 0 Å². The maximum atomic E-state index is 6.31. The smallest absolute Gasteiger partial charge is 0.156 e. The Balaban J connectivity index is 1.91. The standard InChI is InChI=1S/C15H19Cl2N/c16-15(17,11-13-7-3-1-4-8-13)12-18-14-9-5-2-6-10-14/h1,3-4,7-8,12,14H,2,5-6,9-11H2. The van der Waals surface area contributed by atoms with E-state index in [0.29, 0.717) is 12.5 Å². The van der Waals surface area contributed by atoms with Gasteiger partial charge >= 0.3 is 0 Å². The molecule has 0 aromatic heterocycles. The fourth-order valence-corrected chi connectivity index (χ4v) is 2.78. The average molecular weight is 284 g/mol. The fourth-order valence-electron chi connectivity index (χ4n) is 2.36. The number of aliphatic imine (C=N–C) groups is 1. The molecule has 1 nitrogen and oxygen atoms in total. The molecule has 3 heteroatoms. The van der Waals surface area contributed by atoms with Crippen LogP contribution in [0.3, 0.4) is 0 Å². The highest BCUT2D eigenvalue weighted by Crippen LogP contribution is 2.26. The first-order valence-corrected chi connectivity index (χ1v) is 7.37. The summed E-state index contributed by atoms with van der Waals surface area (Å²) in [7, 11) is 0. The summed E-state index contributed by atoms with van der Waals surface area (Å²) in [6.45, 7) is 0. The second-order valence-electron chi connectivity index (χ2n) is 4.99. The molecule has 0 saturated heterocycles. The Hall–Kier alpha value is -0.530. The Kier molecular flexibility index (Phi) is 5.08. The summed E-state index contributed by atoms with van der Waals surface area (Å²) in [5.74, 6) is 0. The number of alkyl halides is 2. The molecule has 0 atom stereocenters. The second kappa shape index (κ2) is 6.58. The van der Waals surface area contributed by atoms with Gasteiger partial charge in [-0.25, -0.2) is 0 Å². The molecule has 0 heterocycles. The van der Waals surface area contributed by atoms with Crippen LogP contribution in [0.4, 0.5) is 0 Å². The summed E-state index contributed by atoms with van der Waals surface area (Å²) in [6.07, 6.45) is 8.57. The Morgan fingerprint density at radius 1 is 1.11 bits per heavy atom. The molecule has 1 saturated carbocycles. The molecular weight excluding hydrogens is 265 g/mol. The molecule has 0 bridgehead atoms. The minimum absolute atomic E-state index is 0.423. The van der Waals surface area contributed by atoms with E-state index in [4.69, 9.17) is 23.2 Å². The highest BCUT2D eigenvalue weighted by molar-refractivity contribution is 6.56. The summed E-state index contributed by atoms with van der Waals surface area (Å²) in [5.41, 5.74) is 1.14. The van der Waals surface area contributed by atoms with Crippen LogP contribution in [0.1, 0.15) is 37.7 Å². The molecule has 1 fully saturated rings. The van der Waals surface area contributed by atoms with Crippen molar-refractivity contribution in [1.82, 2.24) is 0 Å². The number of rotatable bonds is 4. The number of benzene rings is 1. The Labute approximate surface area is 119 Å². The van der Waals surface area contributed by atoms with Gasteiger partial charge < -0.3 is 0 Å². The molecule has 18 heavy (non-hydrogen) atoms. The van der Waals surface area contributed by atoms with Crippen molar-refractivity contribution in [3.05, 3.63) is 35.9 Å². The van der Waals surface area contributed by atoms with Crippen molar-refractivity contribution in [2.24, 2.45) is 4.99 Å². The van der Waals surface area contributed by atoms with Crippen molar-refractivity contribution in [1.29, 1.82) is 0 Å². The van der Waals surface area contributed by atoms with Gasteiger partial charge in [0.05, 0.1) is 0 Å². The Bertz CT molecular complexity index is 381. The molecule has 0 unspecified atom stereocenters. The predicted octanol–water partition coefficient (Wildman–Crippen LogP) is 4.81. The van der Waals surface area contributed by atoms with E-state index in [1.54, 1.807) is 6.21 Å². The lowest BCUT2D eigenvalue weighted by Gasteiger charge is -2.20. The van der Waals surface area contributed by atoms with Gasteiger partial charge in [0.2, 0.25) is 0 Å². The zero-order valence-electron chi connectivity index (χ0n) is 10.5. The van der Waals surface area contributed by atoms with Gasteiger partial charge in [-0.15, -0.1) is 0 Å². The fraction of sp³-hybridized carbons (Fsp3) is 0.533. The molecule has 0 aliphatic heterocycles. The molecule has 0 N–H and O–H groups in total. The van der Waals surface area contributed by atoms with E-state index < -0.39 is 4.33 Å². The van der Waals surface area contributed by atoms with E-state index in [1.165, 1.54) is 32.1 Å². The number of halogens is 2. The molecule has 0 radical (unpaired) electrons. The molecule has 1 aliphatic rings. The molecule has 1 aromatic rings. The van der Waals surface area contributed by atoms with Crippen LogP contribution in [0.25, 0.3) is 0 Å². The third-order valence-electron chi connectivity index (χ3n) is 3.33. The summed E-state index contributed by atoms with van der Waals surface area (Å²) in [5, 5.41) is 0. The van der Waals surface area contributed by atoms with Crippen LogP contribution < -0.4 is 0 Å². The minimum atomic E-state index is -0.890. The molecule has 0 spiro atoms. The SMILES string of the molecule is ClC(Cl)(C=NC1CCCCC1)Cc1ccccc1. The van der Waals surface area contributed by atoms with Crippen LogP contribution in [0, 0.1) is 0 Å². The summed E-state index contributed by atoms with van der Waals surface area (Å²) in [4.78, 5) is 4.56. The van der Waals surface area contributed by atoms with Gasteiger partial charge in [-0.3, -0.25) is 4.99 Å². The van der Waals surface area contributed by atoms with Gasteiger partial charge in [0.25, 0.3) is 0 Å². The van der Waals surface area contributed by atoms with Gasteiger partial charge in [0, 0.05) is 18.7 Å². The van der Waals surface area contributed by atoms with Crippen molar-refractivity contribution >= 4 is 29.4 Å². The average Bonchev–Trinajstić information content (AvgIpc) is 2.38. The van der Waals surface area contributed by atoms with Crippen molar-refractivity contribution in [3.8, 4) is 0 Å². The van der Waals surface area contributed by atoms with Crippen molar-refractivity contribution < 1.29 is 0 Å². The lowest BCUT2D eigenvalue weighted by Crippen LogP contribution is -2.20. The molecular formula is C15H19Cl2N. The third-order valence-corrected chi connectivity index (χ3v) is 3.79. The minimum Gasteiger partial charge on any atom is -0.291 e. The summed E-state index contributed by atoms with van der Waals surface area (Å²) in [6, 6.07) is 10.5. The van der Waals surface area contributed by atoms with Crippen LogP contribution in [-0.4, -0.2) is 16.6 Å². The lowest BCUT2D eigenvalue weighted by atomic mass is 9.96. The maximum Gasteiger partial charge on any atom is 0.156 e. The van der Waals surface area contributed by atoms with Crippen LogP contribution in [-0.2, 0) is 6.42 Å². The van der Waals surface area contributed by atoms with Crippen LogP contribution in [0.2, 0.25) is 0 Å².